The van der Waals surface area contributed by atoms with E-state index in [0.717, 1.165) is 24.2 Å². The van der Waals surface area contributed by atoms with Gasteiger partial charge in [0.25, 0.3) is 0 Å². The molecule has 1 aliphatic heterocycles. The molecule has 2 rings (SSSR count). The van der Waals surface area contributed by atoms with Gasteiger partial charge in [0.1, 0.15) is 24.2 Å². The molecule has 0 aromatic heterocycles. The van der Waals surface area contributed by atoms with Crippen molar-refractivity contribution in [2.24, 2.45) is 5.92 Å². The molecule has 2 aliphatic rings. The number of carboxylic acid groups (broad SMARTS) is 1. The van der Waals surface area contributed by atoms with E-state index in [1.54, 1.807) is 0 Å². The molecule has 1 saturated heterocycles. The number of nitrogens with one attached hydrogen (secondary N) is 1. The Morgan fingerprint density at radius 1 is 1.07 bits per heavy atom. The summed E-state index contributed by atoms with van der Waals surface area (Å²) >= 11 is 0. The SMILES string of the molecule is C#CCC(NC(=O)CCCCCC)C(=O)N1C2C(O)C(O)C(O)C(C(=O)O)C21. The Balaban J connectivity index is 2.06. The zero-order chi connectivity index (χ0) is 21.0. The van der Waals surface area contributed by atoms with Crippen molar-refractivity contribution in [3.05, 3.63) is 0 Å². The fourth-order valence-corrected chi connectivity index (χ4v) is 3.90. The first-order valence-electron chi connectivity index (χ1n) is 9.58. The molecule has 9 heteroatoms. The van der Waals surface area contributed by atoms with Gasteiger partial charge in [-0.15, -0.1) is 12.3 Å². The van der Waals surface area contributed by atoms with Crippen LogP contribution in [0, 0.1) is 18.3 Å². The highest BCUT2D eigenvalue weighted by atomic mass is 16.4. The summed E-state index contributed by atoms with van der Waals surface area (Å²) in [7, 11) is 0. The van der Waals surface area contributed by atoms with Gasteiger partial charge in [0.15, 0.2) is 0 Å². The Bertz CT molecular complexity index is 647. The Kier molecular flexibility index (Phi) is 7.41. The fraction of sp³-hybridized carbons (Fsp3) is 0.737. The van der Waals surface area contributed by atoms with Gasteiger partial charge in [0.05, 0.1) is 18.2 Å². The summed E-state index contributed by atoms with van der Waals surface area (Å²) in [5.41, 5.74) is 0. The number of aliphatic carboxylic acids is 1. The molecule has 2 amide bonds. The lowest BCUT2D eigenvalue weighted by molar-refractivity contribution is -0.156. The summed E-state index contributed by atoms with van der Waals surface area (Å²) in [5.74, 6) is -1.44. The van der Waals surface area contributed by atoms with Crippen LogP contribution in [0.5, 0.6) is 0 Å². The third kappa shape index (κ3) is 4.46. The molecule has 7 unspecified atom stereocenters. The number of carboxylic acids is 1. The second kappa shape index (κ2) is 9.37. The largest absolute Gasteiger partial charge is 0.481 e. The summed E-state index contributed by atoms with van der Waals surface area (Å²) in [6, 6.07) is -2.95. The maximum absolute atomic E-state index is 12.8. The van der Waals surface area contributed by atoms with Crippen molar-refractivity contribution in [1.82, 2.24) is 10.2 Å². The first-order valence-corrected chi connectivity index (χ1v) is 9.58. The third-order valence-electron chi connectivity index (χ3n) is 5.44. The van der Waals surface area contributed by atoms with Gasteiger partial charge >= 0.3 is 5.97 Å². The number of unbranched alkanes of at least 4 members (excludes halogenated alkanes) is 3. The van der Waals surface area contributed by atoms with Crippen LogP contribution in [-0.2, 0) is 14.4 Å². The molecule has 156 valence electrons. The number of hydrogen-bond donors (Lipinski definition) is 5. The second-order valence-corrected chi connectivity index (χ2v) is 7.40. The molecule has 5 N–H and O–H groups in total. The minimum Gasteiger partial charge on any atom is -0.481 e. The van der Waals surface area contributed by atoms with E-state index in [2.05, 4.69) is 18.2 Å². The lowest BCUT2D eigenvalue weighted by Crippen LogP contribution is -2.53. The highest BCUT2D eigenvalue weighted by molar-refractivity contribution is 5.91. The molecule has 0 spiro atoms. The number of rotatable bonds is 9. The molecular weight excluding hydrogens is 368 g/mol. The van der Waals surface area contributed by atoms with E-state index in [1.807, 2.05) is 0 Å². The van der Waals surface area contributed by atoms with E-state index >= 15 is 0 Å². The van der Waals surface area contributed by atoms with Crippen LogP contribution in [0.15, 0.2) is 0 Å². The monoisotopic (exact) mass is 396 g/mol. The van der Waals surface area contributed by atoms with E-state index in [0.29, 0.717) is 6.42 Å². The van der Waals surface area contributed by atoms with E-state index in [1.165, 1.54) is 0 Å². The van der Waals surface area contributed by atoms with Crippen molar-refractivity contribution in [2.75, 3.05) is 0 Å². The predicted octanol–water partition coefficient (Wildman–Crippen LogP) is -1.16. The van der Waals surface area contributed by atoms with Crippen molar-refractivity contribution in [3.63, 3.8) is 0 Å². The molecule has 1 aliphatic carbocycles. The van der Waals surface area contributed by atoms with Gasteiger partial charge in [0.2, 0.25) is 11.8 Å². The normalized spacial score (nSPS) is 32.0. The molecule has 9 nitrogen and oxygen atoms in total. The van der Waals surface area contributed by atoms with Crippen LogP contribution in [-0.4, -0.2) is 79.5 Å². The topological polar surface area (TPSA) is 147 Å². The average Bonchev–Trinajstić information content (AvgIpc) is 3.37. The number of fused-ring (bicyclic) bond motifs is 1. The standard InChI is InChI=1S/C19H28N2O7/c1-3-5-6-7-9-11(22)20-10(8-4-2)18(26)21-13-12(19(27)28)15(23)17(25)16(24)14(13)21/h2,10,12-17,23-25H,3,5-9H2,1H3,(H,20,22)(H,27,28). The van der Waals surface area contributed by atoms with Gasteiger partial charge in [-0.3, -0.25) is 14.4 Å². The summed E-state index contributed by atoms with van der Waals surface area (Å²) in [4.78, 5) is 37.5. The number of amides is 2. The molecule has 0 aromatic rings. The maximum atomic E-state index is 12.8. The fourth-order valence-electron chi connectivity index (χ4n) is 3.90. The van der Waals surface area contributed by atoms with Crippen molar-refractivity contribution < 1.29 is 34.8 Å². The third-order valence-corrected chi connectivity index (χ3v) is 5.44. The summed E-state index contributed by atoms with van der Waals surface area (Å²) < 4.78 is 0. The van der Waals surface area contributed by atoms with E-state index in [-0.39, 0.29) is 18.7 Å². The highest BCUT2D eigenvalue weighted by Gasteiger charge is 2.68. The molecule has 1 saturated carbocycles. The molecule has 1 heterocycles. The van der Waals surface area contributed by atoms with Gasteiger partial charge < -0.3 is 30.6 Å². The van der Waals surface area contributed by atoms with Crippen LogP contribution < -0.4 is 5.32 Å². The number of terminal acetylenes is 1. The van der Waals surface area contributed by atoms with Crippen molar-refractivity contribution in [1.29, 1.82) is 0 Å². The number of carbonyl (C=O) groups excluding carboxylic acids is 2. The number of likely N-dealkylation sites (tertiary alicyclic amines) is 1. The Labute approximate surface area is 163 Å². The van der Waals surface area contributed by atoms with Crippen molar-refractivity contribution in [3.8, 4) is 12.3 Å². The molecule has 0 aromatic carbocycles. The van der Waals surface area contributed by atoms with Crippen LogP contribution in [0.4, 0.5) is 0 Å². The van der Waals surface area contributed by atoms with Crippen LogP contribution >= 0.6 is 0 Å². The molecule has 28 heavy (non-hydrogen) atoms. The Morgan fingerprint density at radius 3 is 2.32 bits per heavy atom. The Morgan fingerprint density at radius 2 is 1.75 bits per heavy atom. The summed E-state index contributed by atoms with van der Waals surface area (Å²) in [6.45, 7) is 2.05. The number of aliphatic hydroxyl groups is 3. The molecule has 0 bridgehead atoms. The minimum absolute atomic E-state index is 0.0889. The molecule has 0 radical (unpaired) electrons. The van der Waals surface area contributed by atoms with Gasteiger partial charge in [-0.05, 0) is 6.42 Å². The Hall–Kier alpha value is -2.15. The zero-order valence-corrected chi connectivity index (χ0v) is 15.8. The minimum atomic E-state index is -1.70. The number of hydrogen-bond acceptors (Lipinski definition) is 6. The van der Waals surface area contributed by atoms with Crippen LogP contribution in [0.25, 0.3) is 0 Å². The summed E-state index contributed by atoms with van der Waals surface area (Å²) in [5, 5.41) is 41.9. The quantitative estimate of drug-likeness (QED) is 0.188. The van der Waals surface area contributed by atoms with Gasteiger partial charge in [0, 0.05) is 12.8 Å². The van der Waals surface area contributed by atoms with Gasteiger partial charge in [-0.25, -0.2) is 0 Å². The highest BCUT2D eigenvalue weighted by Crippen LogP contribution is 2.45. The zero-order valence-electron chi connectivity index (χ0n) is 15.8. The lowest BCUT2D eigenvalue weighted by Gasteiger charge is -2.30. The van der Waals surface area contributed by atoms with Crippen LogP contribution in [0.1, 0.15) is 45.4 Å². The number of aliphatic hydroxyl groups excluding tert-OH is 3. The van der Waals surface area contributed by atoms with Crippen LogP contribution in [0.3, 0.4) is 0 Å². The first-order chi connectivity index (χ1) is 13.3. The van der Waals surface area contributed by atoms with Crippen LogP contribution in [0.2, 0.25) is 0 Å². The number of carbonyl (C=O) groups is 3. The predicted molar refractivity (Wildman–Crippen MR) is 97.7 cm³/mol. The van der Waals surface area contributed by atoms with Gasteiger partial charge in [-0.1, -0.05) is 26.2 Å². The van der Waals surface area contributed by atoms with Crippen molar-refractivity contribution >= 4 is 17.8 Å². The van der Waals surface area contributed by atoms with E-state index in [9.17, 15) is 34.8 Å². The smallest absolute Gasteiger partial charge is 0.311 e. The second-order valence-electron chi connectivity index (χ2n) is 7.40. The lowest BCUT2D eigenvalue weighted by atomic mass is 9.83. The average molecular weight is 396 g/mol. The first kappa shape index (κ1) is 22.1. The number of nitrogens with zero attached hydrogens (tertiary/aromatic N) is 1. The van der Waals surface area contributed by atoms with Crippen molar-refractivity contribution in [2.45, 2.75) is 81.9 Å². The van der Waals surface area contributed by atoms with E-state index in [4.69, 9.17) is 6.42 Å². The maximum Gasteiger partial charge on any atom is 0.311 e. The molecular formula is C19H28N2O7. The molecule has 2 fully saturated rings. The van der Waals surface area contributed by atoms with E-state index < -0.39 is 54.2 Å². The summed E-state index contributed by atoms with van der Waals surface area (Å²) in [6.07, 6.45) is 4.22. The molecule has 7 atom stereocenters. The van der Waals surface area contributed by atoms with Gasteiger partial charge in [-0.2, -0.15) is 0 Å².